The summed E-state index contributed by atoms with van der Waals surface area (Å²) in [7, 11) is 0. The first-order valence-corrected chi connectivity index (χ1v) is 6.19. The van der Waals surface area contributed by atoms with Crippen LogP contribution >= 0.6 is 0 Å². The van der Waals surface area contributed by atoms with Gasteiger partial charge in [0.15, 0.2) is 0 Å². The number of carbonyl (C=O) groups excluding carboxylic acids is 1. The Hall–Kier alpha value is -2.69. The highest BCUT2D eigenvalue weighted by Gasteiger charge is 2.00. The number of hydrogen-bond acceptors (Lipinski definition) is 3. The molecular weight excluding hydrogens is 252 g/mol. The largest absolute Gasteiger partial charge is 0.366 e. The molecule has 0 aliphatic carbocycles. The summed E-state index contributed by atoms with van der Waals surface area (Å²) < 4.78 is 0. The van der Waals surface area contributed by atoms with Crippen LogP contribution in [0.2, 0.25) is 0 Å². The van der Waals surface area contributed by atoms with Crippen LogP contribution in [0.25, 0.3) is 11.3 Å². The monoisotopic (exact) mass is 268 g/mol. The number of H-pyrrole nitrogens is 1. The van der Waals surface area contributed by atoms with Crippen LogP contribution in [0.4, 0.5) is 0 Å². The number of aromatic amines is 1. The second-order valence-electron chi connectivity index (χ2n) is 4.46. The van der Waals surface area contributed by atoms with E-state index >= 15 is 0 Å². The molecule has 0 aliphatic heterocycles. The number of nitrogens with two attached hydrogens (primary N) is 1. The maximum atomic E-state index is 11.3. The summed E-state index contributed by atoms with van der Waals surface area (Å²) in [5, 5.41) is 7.26. The SMILES string of the molecule is Cc1cc(-c2ccc(C(N)=O)ccc(C)[nH]n2)ccn1. The van der Waals surface area contributed by atoms with Gasteiger partial charge in [-0.05, 0) is 50.2 Å². The van der Waals surface area contributed by atoms with E-state index in [9.17, 15) is 4.79 Å². The van der Waals surface area contributed by atoms with E-state index in [0.717, 1.165) is 17.0 Å². The molecular formula is C15H16N4O. The van der Waals surface area contributed by atoms with Crippen molar-refractivity contribution in [3.8, 4) is 11.3 Å². The van der Waals surface area contributed by atoms with Crippen molar-refractivity contribution < 1.29 is 4.79 Å². The zero-order valence-corrected chi connectivity index (χ0v) is 11.4. The van der Waals surface area contributed by atoms with E-state index in [2.05, 4.69) is 15.2 Å². The normalized spacial score (nSPS) is 9.90. The molecule has 0 saturated carbocycles. The molecule has 0 spiro atoms. The molecule has 0 saturated heterocycles. The molecule has 0 radical (unpaired) electrons. The maximum absolute atomic E-state index is 11.3. The number of hydrogen-bond donors (Lipinski definition) is 2. The maximum Gasteiger partial charge on any atom is 0.248 e. The van der Waals surface area contributed by atoms with Crippen LogP contribution in [-0.2, 0) is 0 Å². The lowest BCUT2D eigenvalue weighted by molar-refractivity contribution is 0.100. The Morgan fingerprint density at radius 1 is 1.15 bits per heavy atom. The van der Waals surface area contributed by atoms with E-state index in [0.29, 0.717) is 11.3 Å². The predicted octanol–water partition coefficient (Wildman–Crippen LogP) is 2.31. The highest BCUT2D eigenvalue weighted by Crippen LogP contribution is 2.15. The van der Waals surface area contributed by atoms with Gasteiger partial charge in [-0.15, -0.1) is 0 Å². The molecule has 0 atom stereocenters. The van der Waals surface area contributed by atoms with Gasteiger partial charge in [0, 0.05) is 28.7 Å². The number of nitrogens with zero attached hydrogens (tertiary/aromatic N) is 2. The third-order valence-electron chi connectivity index (χ3n) is 2.76. The lowest BCUT2D eigenvalue weighted by atomic mass is 10.1. The van der Waals surface area contributed by atoms with E-state index in [-0.39, 0.29) is 0 Å². The zero-order chi connectivity index (χ0) is 14.5. The van der Waals surface area contributed by atoms with E-state index in [1.165, 1.54) is 0 Å². The topological polar surface area (TPSA) is 84.7 Å². The standard InChI is InChI=1S/C15H16N4O/c1-10-3-4-12(15(16)20)5-6-14(19-18-10)13-7-8-17-11(2)9-13/h3-9,18H,1-2H3,(H2,16,20). The minimum atomic E-state index is -0.475. The van der Waals surface area contributed by atoms with Crippen LogP contribution in [0, 0.1) is 13.8 Å². The van der Waals surface area contributed by atoms with Crippen molar-refractivity contribution in [3.63, 3.8) is 0 Å². The van der Waals surface area contributed by atoms with Crippen molar-refractivity contribution in [2.75, 3.05) is 0 Å². The number of primary amides is 1. The number of aryl methyl sites for hydroxylation is 2. The van der Waals surface area contributed by atoms with Gasteiger partial charge in [-0.2, -0.15) is 5.10 Å². The van der Waals surface area contributed by atoms with Crippen molar-refractivity contribution in [1.29, 1.82) is 0 Å². The van der Waals surface area contributed by atoms with E-state index < -0.39 is 5.91 Å². The van der Waals surface area contributed by atoms with Gasteiger partial charge in [-0.25, -0.2) is 0 Å². The van der Waals surface area contributed by atoms with Crippen LogP contribution < -0.4 is 5.73 Å². The summed E-state index contributed by atoms with van der Waals surface area (Å²) in [5.74, 6) is -0.475. The van der Waals surface area contributed by atoms with Crippen molar-refractivity contribution in [2.45, 2.75) is 13.8 Å². The van der Waals surface area contributed by atoms with Crippen LogP contribution in [-0.4, -0.2) is 21.1 Å². The van der Waals surface area contributed by atoms with E-state index in [4.69, 9.17) is 5.73 Å². The van der Waals surface area contributed by atoms with Crippen molar-refractivity contribution in [3.05, 3.63) is 59.5 Å². The lowest BCUT2D eigenvalue weighted by Crippen LogP contribution is -2.09. The lowest BCUT2D eigenvalue weighted by Gasteiger charge is -1.99. The second kappa shape index (κ2) is 5.97. The number of nitrogens with one attached hydrogen (secondary N) is 1. The second-order valence-corrected chi connectivity index (χ2v) is 4.46. The van der Waals surface area contributed by atoms with Gasteiger partial charge in [-0.1, -0.05) is 0 Å². The molecule has 0 bridgehead atoms. The van der Waals surface area contributed by atoms with Crippen LogP contribution in [0.15, 0.2) is 42.6 Å². The molecule has 2 aromatic heterocycles. The zero-order valence-electron chi connectivity index (χ0n) is 11.4. The fourth-order valence-corrected chi connectivity index (χ4v) is 1.69. The smallest absolute Gasteiger partial charge is 0.248 e. The first-order valence-electron chi connectivity index (χ1n) is 6.19. The Morgan fingerprint density at radius 3 is 2.60 bits per heavy atom. The highest BCUT2D eigenvalue weighted by atomic mass is 16.1. The van der Waals surface area contributed by atoms with Crippen LogP contribution in [0.1, 0.15) is 21.7 Å². The first kappa shape index (κ1) is 13.7. The van der Waals surface area contributed by atoms with Gasteiger partial charge in [0.1, 0.15) is 0 Å². The van der Waals surface area contributed by atoms with Crippen molar-refractivity contribution >= 4 is 5.91 Å². The van der Waals surface area contributed by atoms with Gasteiger partial charge >= 0.3 is 0 Å². The Kier molecular flexibility index (Phi) is 4.10. The number of amides is 1. The van der Waals surface area contributed by atoms with Crippen molar-refractivity contribution in [1.82, 2.24) is 15.2 Å². The minimum Gasteiger partial charge on any atom is -0.366 e. The van der Waals surface area contributed by atoms with Crippen LogP contribution in [0.3, 0.4) is 0 Å². The summed E-state index contributed by atoms with van der Waals surface area (Å²) in [5.41, 5.74) is 9.09. The Balaban J connectivity index is 2.65. The fraction of sp³-hybridized carbons (Fsp3) is 0.133. The van der Waals surface area contributed by atoms with E-state index in [1.54, 1.807) is 30.5 Å². The molecule has 0 aromatic carbocycles. The third kappa shape index (κ3) is 3.41. The molecule has 2 heterocycles. The van der Waals surface area contributed by atoms with Gasteiger partial charge in [0.05, 0.1) is 5.69 Å². The number of aromatic nitrogens is 3. The summed E-state index contributed by atoms with van der Waals surface area (Å²) >= 11 is 0. The summed E-state index contributed by atoms with van der Waals surface area (Å²) in [6, 6.07) is 10.6. The summed E-state index contributed by atoms with van der Waals surface area (Å²) in [6.07, 6.45) is 1.72. The minimum absolute atomic E-state index is 0.423. The number of rotatable bonds is 2. The Bertz CT molecular complexity index is 690. The molecule has 0 aliphatic rings. The first-order chi connectivity index (χ1) is 9.56. The molecule has 0 unspecified atom stereocenters. The van der Waals surface area contributed by atoms with Gasteiger partial charge in [-0.3, -0.25) is 14.9 Å². The molecule has 5 heteroatoms. The van der Waals surface area contributed by atoms with E-state index in [1.807, 2.05) is 26.0 Å². The predicted molar refractivity (Wildman–Crippen MR) is 77.4 cm³/mol. The Labute approximate surface area is 117 Å². The average molecular weight is 268 g/mol. The molecule has 0 fully saturated rings. The molecule has 2 rings (SSSR count). The number of carbonyl (C=O) groups is 1. The third-order valence-corrected chi connectivity index (χ3v) is 2.76. The molecule has 5 nitrogen and oxygen atoms in total. The van der Waals surface area contributed by atoms with Gasteiger partial charge in [0.25, 0.3) is 0 Å². The molecule has 102 valence electrons. The van der Waals surface area contributed by atoms with Crippen molar-refractivity contribution in [2.24, 2.45) is 5.73 Å². The molecule has 2 aromatic rings. The quantitative estimate of drug-likeness (QED) is 0.876. The summed E-state index contributed by atoms with van der Waals surface area (Å²) in [6.45, 7) is 3.77. The Morgan fingerprint density at radius 2 is 1.90 bits per heavy atom. The molecule has 3 N–H and O–H groups in total. The van der Waals surface area contributed by atoms with Gasteiger partial charge in [0.2, 0.25) is 5.91 Å². The van der Waals surface area contributed by atoms with Gasteiger partial charge < -0.3 is 5.73 Å². The molecule has 20 heavy (non-hydrogen) atoms. The fourth-order valence-electron chi connectivity index (χ4n) is 1.69. The summed E-state index contributed by atoms with van der Waals surface area (Å²) in [4.78, 5) is 15.5. The molecule has 1 amide bonds. The van der Waals surface area contributed by atoms with Crippen LogP contribution in [0.5, 0.6) is 0 Å². The average Bonchev–Trinajstić information content (AvgIpc) is 2.49. The number of pyridine rings is 1. The highest BCUT2D eigenvalue weighted by molar-refractivity contribution is 5.92.